The van der Waals surface area contributed by atoms with Gasteiger partial charge in [0.2, 0.25) is 0 Å². The van der Waals surface area contributed by atoms with Crippen molar-refractivity contribution in [3.63, 3.8) is 0 Å². The van der Waals surface area contributed by atoms with E-state index in [0.29, 0.717) is 37.9 Å². The molecule has 178 valence electrons. The fourth-order valence-corrected chi connectivity index (χ4v) is 3.94. The molecule has 0 atom stereocenters. The van der Waals surface area contributed by atoms with Gasteiger partial charge in [0.05, 0.1) is 6.26 Å². The molecule has 0 saturated carbocycles. The van der Waals surface area contributed by atoms with Gasteiger partial charge < -0.3 is 29.2 Å². The highest BCUT2D eigenvalue weighted by Crippen LogP contribution is 2.20. The van der Waals surface area contributed by atoms with E-state index in [4.69, 9.17) is 14.1 Å². The van der Waals surface area contributed by atoms with Crippen LogP contribution in [0.15, 0.2) is 27.8 Å². The van der Waals surface area contributed by atoms with E-state index in [-0.39, 0.29) is 12.0 Å². The van der Waals surface area contributed by atoms with E-state index >= 15 is 0 Å². The zero-order chi connectivity index (χ0) is 23.1. The Labute approximate surface area is 190 Å². The van der Waals surface area contributed by atoms with Crippen molar-refractivity contribution >= 4 is 18.0 Å². The Kier molecular flexibility index (Phi) is 8.04. The molecule has 9 nitrogen and oxygen atoms in total. The summed E-state index contributed by atoms with van der Waals surface area (Å²) < 4.78 is 10.7. The van der Waals surface area contributed by atoms with Crippen molar-refractivity contribution in [2.75, 3.05) is 52.4 Å². The number of ether oxygens (including phenoxy) is 1. The van der Waals surface area contributed by atoms with Crippen LogP contribution in [0.3, 0.4) is 0 Å². The second kappa shape index (κ2) is 10.7. The lowest BCUT2D eigenvalue weighted by molar-refractivity contribution is 0.0186. The zero-order valence-corrected chi connectivity index (χ0v) is 19.8. The topological polar surface area (TPSA) is 90.6 Å². The first-order valence-corrected chi connectivity index (χ1v) is 11.6. The standard InChI is InChI=1S/C23H37N5O4/c1-5-24-21(27-14-12-26(13-15-27)20(29)19-7-6-16-31-19)25-17-18-8-10-28(11-9-18)22(30)32-23(2,3)4/h6-7,16,18H,5,8-15,17H2,1-4H3,(H,24,25). The third-order valence-electron chi connectivity index (χ3n) is 5.70. The Morgan fingerprint density at radius 2 is 1.75 bits per heavy atom. The maximum atomic E-state index is 12.5. The summed E-state index contributed by atoms with van der Waals surface area (Å²) in [6.07, 6.45) is 3.15. The van der Waals surface area contributed by atoms with E-state index in [1.807, 2.05) is 25.7 Å². The minimum atomic E-state index is -0.467. The van der Waals surface area contributed by atoms with Crippen molar-refractivity contribution in [2.24, 2.45) is 10.9 Å². The van der Waals surface area contributed by atoms with E-state index in [1.165, 1.54) is 6.26 Å². The van der Waals surface area contributed by atoms with Crippen molar-refractivity contribution in [3.8, 4) is 0 Å². The zero-order valence-electron chi connectivity index (χ0n) is 19.8. The number of aliphatic imine (C=N–C) groups is 1. The maximum absolute atomic E-state index is 12.5. The predicted molar refractivity (Wildman–Crippen MR) is 123 cm³/mol. The van der Waals surface area contributed by atoms with Crippen LogP contribution in [0.2, 0.25) is 0 Å². The van der Waals surface area contributed by atoms with Gasteiger partial charge in [-0.05, 0) is 58.6 Å². The summed E-state index contributed by atoms with van der Waals surface area (Å²) in [5, 5.41) is 3.39. The molecule has 0 aromatic carbocycles. The summed E-state index contributed by atoms with van der Waals surface area (Å²) in [6.45, 7) is 13.4. The van der Waals surface area contributed by atoms with Gasteiger partial charge in [-0.3, -0.25) is 9.79 Å². The third kappa shape index (κ3) is 6.64. The van der Waals surface area contributed by atoms with Gasteiger partial charge in [-0.25, -0.2) is 4.79 Å². The minimum absolute atomic E-state index is 0.0617. The van der Waals surface area contributed by atoms with Crippen LogP contribution in [0.4, 0.5) is 4.79 Å². The predicted octanol–water partition coefficient (Wildman–Crippen LogP) is 2.65. The molecule has 2 fully saturated rings. The number of carbonyl (C=O) groups excluding carboxylic acids is 2. The number of hydrogen-bond donors (Lipinski definition) is 1. The molecule has 32 heavy (non-hydrogen) atoms. The van der Waals surface area contributed by atoms with Gasteiger partial charge in [-0.1, -0.05) is 0 Å². The molecule has 3 rings (SSSR count). The van der Waals surface area contributed by atoms with Crippen molar-refractivity contribution in [3.05, 3.63) is 24.2 Å². The van der Waals surface area contributed by atoms with Crippen LogP contribution in [0.5, 0.6) is 0 Å². The summed E-state index contributed by atoms with van der Waals surface area (Å²) in [6, 6.07) is 3.44. The molecule has 1 N–H and O–H groups in total. The second-order valence-corrected chi connectivity index (χ2v) is 9.36. The lowest BCUT2D eigenvalue weighted by Gasteiger charge is -2.36. The molecule has 2 amide bonds. The highest BCUT2D eigenvalue weighted by atomic mass is 16.6. The molecular formula is C23H37N5O4. The van der Waals surface area contributed by atoms with Gasteiger partial charge in [0.25, 0.3) is 5.91 Å². The Hall–Kier alpha value is -2.71. The monoisotopic (exact) mass is 447 g/mol. The SMILES string of the molecule is CCNC(=NCC1CCN(C(=O)OC(C)(C)C)CC1)N1CCN(C(=O)c2ccco2)CC1. The first kappa shape index (κ1) is 23.9. The number of piperazine rings is 1. The number of nitrogens with zero attached hydrogens (tertiary/aromatic N) is 4. The van der Waals surface area contributed by atoms with E-state index in [9.17, 15) is 9.59 Å². The quantitative estimate of drug-likeness (QED) is 0.564. The number of amides is 2. The van der Waals surface area contributed by atoms with Gasteiger partial charge in [-0.2, -0.15) is 0 Å². The second-order valence-electron chi connectivity index (χ2n) is 9.36. The number of rotatable bonds is 4. The summed E-state index contributed by atoms with van der Waals surface area (Å²) in [4.78, 5) is 35.5. The van der Waals surface area contributed by atoms with Crippen molar-refractivity contribution in [1.29, 1.82) is 0 Å². The highest BCUT2D eigenvalue weighted by molar-refractivity contribution is 5.91. The van der Waals surface area contributed by atoms with Crippen LogP contribution in [0.1, 0.15) is 51.1 Å². The Bertz CT molecular complexity index is 771. The first-order valence-electron chi connectivity index (χ1n) is 11.6. The van der Waals surface area contributed by atoms with E-state index in [2.05, 4.69) is 17.1 Å². The maximum Gasteiger partial charge on any atom is 0.410 e. The van der Waals surface area contributed by atoms with Crippen LogP contribution >= 0.6 is 0 Å². The number of nitrogens with one attached hydrogen (secondary N) is 1. The lowest BCUT2D eigenvalue weighted by Crippen LogP contribution is -2.53. The van der Waals surface area contributed by atoms with Crippen LogP contribution in [0, 0.1) is 5.92 Å². The molecule has 2 aliphatic heterocycles. The summed E-state index contributed by atoms with van der Waals surface area (Å²) in [7, 11) is 0. The molecule has 0 bridgehead atoms. The fraction of sp³-hybridized carbons (Fsp3) is 0.696. The average molecular weight is 448 g/mol. The van der Waals surface area contributed by atoms with E-state index < -0.39 is 5.60 Å². The fourth-order valence-electron chi connectivity index (χ4n) is 3.94. The normalized spacial score (nSPS) is 18.6. The minimum Gasteiger partial charge on any atom is -0.459 e. The molecular weight excluding hydrogens is 410 g/mol. The molecule has 9 heteroatoms. The van der Waals surface area contributed by atoms with Crippen molar-refractivity contribution in [1.82, 2.24) is 20.0 Å². The molecule has 2 saturated heterocycles. The Morgan fingerprint density at radius 3 is 2.31 bits per heavy atom. The summed E-state index contributed by atoms with van der Waals surface area (Å²) in [5.74, 6) is 1.67. The number of likely N-dealkylation sites (tertiary alicyclic amines) is 1. The van der Waals surface area contributed by atoms with Gasteiger partial charge in [0, 0.05) is 52.4 Å². The Balaban J connectivity index is 1.47. The number of hydrogen-bond acceptors (Lipinski definition) is 5. The Morgan fingerprint density at radius 1 is 1.09 bits per heavy atom. The summed E-state index contributed by atoms with van der Waals surface area (Å²) >= 11 is 0. The van der Waals surface area contributed by atoms with Gasteiger partial charge in [0.15, 0.2) is 11.7 Å². The number of furan rings is 1. The van der Waals surface area contributed by atoms with Crippen LogP contribution in [0.25, 0.3) is 0 Å². The molecule has 0 radical (unpaired) electrons. The number of guanidine groups is 1. The van der Waals surface area contributed by atoms with Gasteiger partial charge in [-0.15, -0.1) is 0 Å². The van der Waals surface area contributed by atoms with Gasteiger partial charge in [0.1, 0.15) is 5.60 Å². The van der Waals surface area contributed by atoms with Crippen molar-refractivity contribution < 1.29 is 18.7 Å². The molecule has 0 spiro atoms. The number of piperidine rings is 1. The lowest BCUT2D eigenvalue weighted by atomic mass is 9.97. The largest absolute Gasteiger partial charge is 0.459 e. The molecule has 2 aliphatic rings. The number of carbonyl (C=O) groups is 2. The van der Waals surface area contributed by atoms with E-state index in [0.717, 1.165) is 45.0 Å². The van der Waals surface area contributed by atoms with Crippen molar-refractivity contribution in [2.45, 2.75) is 46.1 Å². The molecule has 0 aliphatic carbocycles. The van der Waals surface area contributed by atoms with E-state index in [1.54, 1.807) is 17.0 Å². The molecule has 1 aromatic rings. The molecule has 0 unspecified atom stereocenters. The highest BCUT2D eigenvalue weighted by Gasteiger charge is 2.28. The van der Waals surface area contributed by atoms with Crippen LogP contribution in [-0.4, -0.2) is 90.6 Å². The average Bonchev–Trinajstić information content (AvgIpc) is 3.30. The molecule has 1 aromatic heterocycles. The smallest absolute Gasteiger partial charge is 0.410 e. The van der Waals surface area contributed by atoms with Gasteiger partial charge >= 0.3 is 6.09 Å². The van der Waals surface area contributed by atoms with Crippen LogP contribution in [-0.2, 0) is 4.74 Å². The molecule has 3 heterocycles. The first-order chi connectivity index (χ1) is 15.3. The summed E-state index contributed by atoms with van der Waals surface area (Å²) in [5.41, 5.74) is -0.467. The third-order valence-corrected chi connectivity index (χ3v) is 5.70. The van der Waals surface area contributed by atoms with Crippen LogP contribution < -0.4 is 5.32 Å².